The first kappa shape index (κ1) is 19.5. The van der Waals surface area contributed by atoms with Crippen LogP contribution in [0.4, 0.5) is 0 Å². The van der Waals surface area contributed by atoms with Gasteiger partial charge in [0.2, 0.25) is 0 Å². The van der Waals surface area contributed by atoms with Crippen LogP contribution < -0.4 is 0 Å². The Morgan fingerprint density at radius 3 is 2.08 bits per heavy atom. The molecule has 0 aliphatic heterocycles. The number of unbranched alkanes of at least 4 members (excludes halogenated alkanes) is 1. The number of benzene rings is 1. The zero-order chi connectivity index (χ0) is 18.6. The molecule has 3 nitrogen and oxygen atoms in total. The Balaban J connectivity index is 2.89. The van der Waals surface area contributed by atoms with Crippen molar-refractivity contribution in [2.24, 2.45) is 0 Å². The number of rotatable bonds is 7. The van der Waals surface area contributed by atoms with E-state index in [-0.39, 0.29) is 18.3 Å². The highest BCUT2D eigenvalue weighted by atomic mass is 16.3. The van der Waals surface area contributed by atoms with Crippen molar-refractivity contribution in [1.82, 2.24) is 4.98 Å². The lowest BCUT2D eigenvalue weighted by Crippen LogP contribution is -2.12. The second-order valence-electron chi connectivity index (χ2n) is 7.30. The molecule has 0 amide bonds. The molecule has 0 spiro atoms. The molecule has 3 heteroatoms. The Morgan fingerprint density at radius 1 is 0.960 bits per heavy atom. The number of aliphatic hydroxyl groups is 1. The van der Waals surface area contributed by atoms with Gasteiger partial charge in [-0.2, -0.15) is 0 Å². The molecule has 0 saturated heterocycles. The highest BCUT2D eigenvalue weighted by Crippen LogP contribution is 2.40. The molecule has 1 aromatic carbocycles. The molecular weight excluding hydrogens is 310 g/mol. The first-order valence-corrected chi connectivity index (χ1v) is 9.37. The maximum atomic E-state index is 10.5. The summed E-state index contributed by atoms with van der Waals surface area (Å²) in [5.41, 5.74) is 5.83. The first-order valence-electron chi connectivity index (χ1n) is 9.37. The molecule has 0 bridgehead atoms. The van der Waals surface area contributed by atoms with E-state index in [4.69, 9.17) is 4.98 Å². The maximum Gasteiger partial charge on any atom is 0.123 e. The van der Waals surface area contributed by atoms with Gasteiger partial charge in [0, 0.05) is 22.5 Å². The highest BCUT2D eigenvalue weighted by Gasteiger charge is 2.24. The highest BCUT2D eigenvalue weighted by molar-refractivity contribution is 5.77. The van der Waals surface area contributed by atoms with E-state index in [1.54, 1.807) is 6.07 Å². The van der Waals surface area contributed by atoms with E-state index < -0.39 is 0 Å². The zero-order valence-corrected chi connectivity index (χ0v) is 16.1. The predicted molar refractivity (Wildman–Crippen MR) is 104 cm³/mol. The largest absolute Gasteiger partial charge is 0.507 e. The van der Waals surface area contributed by atoms with E-state index in [1.807, 2.05) is 18.2 Å². The van der Waals surface area contributed by atoms with Crippen LogP contribution in [-0.4, -0.2) is 15.2 Å². The fourth-order valence-corrected chi connectivity index (χ4v) is 3.43. The number of nitrogens with zero attached hydrogens (tertiary/aromatic N) is 1. The number of phenolic OH excluding ortho intramolecular Hbond substituents is 1. The number of para-hydroxylation sites is 1. The van der Waals surface area contributed by atoms with E-state index in [9.17, 15) is 10.2 Å². The van der Waals surface area contributed by atoms with Crippen LogP contribution in [0.5, 0.6) is 5.75 Å². The molecule has 136 valence electrons. The molecule has 0 fully saturated rings. The summed E-state index contributed by atoms with van der Waals surface area (Å²) in [6.45, 7) is 10.6. The van der Waals surface area contributed by atoms with Gasteiger partial charge in [0.25, 0.3) is 0 Å². The van der Waals surface area contributed by atoms with Crippen LogP contribution in [0.1, 0.15) is 81.8 Å². The van der Waals surface area contributed by atoms with Gasteiger partial charge in [-0.3, -0.25) is 4.98 Å². The van der Waals surface area contributed by atoms with E-state index in [0.717, 1.165) is 47.3 Å². The van der Waals surface area contributed by atoms with Gasteiger partial charge in [0.05, 0.1) is 6.61 Å². The molecule has 1 aromatic heterocycles. The van der Waals surface area contributed by atoms with Crippen LogP contribution in [0, 0.1) is 0 Å². The Bertz CT molecular complexity index is 720. The van der Waals surface area contributed by atoms with Crippen molar-refractivity contribution in [1.29, 1.82) is 0 Å². The second-order valence-corrected chi connectivity index (χ2v) is 7.30. The lowest BCUT2D eigenvalue weighted by Gasteiger charge is -2.24. The van der Waals surface area contributed by atoms with Gasteiger partial charge in [-0.05, 0) is 41.9 Å². The summed E-state index contributed by atoms with van der Waals surface area (Å²) in [4.78, 5) is 4.97. The zero-order valence-electron chi connectivity index (χ0n) is 16.1. The molecule has 0 saturated carbocycles. The number of aromatic hydroxyl groups is 1. The number of aliphatic hydroxyl groups excluding tert-OH is 1. The summed E-state index contributed by atoms with van der Waals surface area (Å²) in [7, 11) is 0. The van der Waals surface area contributed by atoms with Crippen molar-refractivity contribution in [3.05, 3.63) is 46.8 Å². The molecule has 2 N–H and O–H groups in total. The molecule has 0 aliphatic rings. The molecule has 0 radical (unpaired) electrons. The molecule has 0 aliphatic carbocycles. The van der Waals surface area contributed by atoms with Crippen molar-refractivity contribution in [3.8, 4) is 16.9 Å². The molecule has 25 heavy (non-hydrogen) atoms. The topological polar surface area (TPSA) is 53.4 Å². The summed E-state index contributed by atoms with van der Waals surface area (Å²) in [5.74, 6) is 0.761. The second kappa shape index (κ2) is 8.48. The molecule has 2 aromatic rings. The number of hydrogen-bond acceptors (Lipinski definition) is 3. The van der Waals surface area contributed by atoms with Gasteiger partial charge < -0.3 is 10.2 Å². The van der Waals surface area contributed by atoms with Gasteiger partial charge in [-0.1, -0.05) is 59.2 Å². The van der Waals surface area contributed by atoms with E-state index in [2.05, 4.69) is 34.6 Å². The Hall–Kier alpha value is -1.87. The van der Waals surface area contributed by atoms with Crippen molar-refractivity contribution in [2.75, 3.05) is 0 Å². The molecule has 1 heterocycles. The smallest absolute Gasteiger partial charge is 0.123 e. The average molecular weight is 341 g/mol. The van der Waals surface area contributed by atoms with E-state index in [0.29, 0.717) is 5.92 Å². The third-order valence-electron chi connectivity index (χ3n) is 4.67. The van der Waals surface area contributed by atoms with Crippen molar-refractivity contribution >= 4 is 0 Å². The van der Waals surface area contributed by atoms with Crippen molar-refractivity contribution < 1.29 is 10.2 Å². The summed E-state index contributed by atoms with van der Waals surface area (Å²) >= 11 is 0. The normalized spacial score (nSPS) is 11.5. The quantitative estimate of drug-likeness (QED) is 0.695. The molecule has 2 rings (SSSR count). The minimum atomic E-state index is -0.0678. The van der Waals surface area contributed by atoms with Crippen molar-refractivity contribution in [2.45, 2.75) is 72.3 Å². The number of hydrogen-bond donors (Lipinski definition) is 2. The van der Waals surface area contributed by atoms with Crippen LogP contribution in [0.2, 0.25) is 0 Å². The van der Waals surface area contributed by atoms with Gasteiger partial charge in [0.15, 0.2) is 0 Å². The van der Waals surface area contributed by atoms with Crippen LogP contribution >= 0.6 is 0 Å². The molecular formula is C22H31NO2. The Morgan fingerprint density at radius 2 is 1.56 bits per heavy atom. The Labute approximate surface area is 151 Å². The van der Waals surface area contributed by atoms with Gasteiger partial charge in [-0.15, -0.1) is 0 Å². The summed E-state index contributed by atoms with van der Waals surface area (Å²) in [5, 5.41) is 20.6. The number of pyridine rings is 1. The van der Waals surface area contributed by atoms with Gasteiger partial charge in [-0.25, -0.2) is 0 Å². The third kappa shape index (κ3) is 4.04. The number of phenols is 1. The average Bonchev–Trinajstić information content (AvgIpc) is 2.58. The predicted octanol–water partition coefficient (Wildman–Crippen LogP) is 5.54. The van der Waals surface area contributed by atoms with E-state index in [1.165, 1.54) is 5.56 Å². The monoisotopic (exact) mass is 341 g/mol. The SMILES string of the molecule is CCCCc1c(C(C)C)nc(C(C)C)c(CO)c1-c1ccccc1O. The van der Waals surface area contributed by atoms with Crippen LogP contribution in [0.15, 0.2) is 24.3 Å². The summed E-state index contributed by atoms with van der Waals surface area (Å²) < 4.78 is 0. The standard InChI is InChI=1S/C22H31NO2/c1-6-7-10-17-20(16-11-8-9-12-19(16)25)18(13-24)22(15(4)5)23-21(17)14(2)3/h8-9,11-12,14-15,24-25H,6-7,10,13H2,1-5H3. The lowest BCUT2D eigenvalue weighted by molar-refractivity contribution is 0.279. The molecule has 0 atom stereocenters. The van der Waals surface area contributed by atoms with Crippen LogP contribution in [0.25, 0.3) is 11.1 Å². The van der Waals surface area contributed by atoms with Crippen molar-refractivity contribution in [3.63, 3.8) is 0 Å². The molecule has 0 unspecified atom stereocenters. The lowest BCUT2D eigenvalue weighted by atomic mass is 9.85. The van der Waals surface area contributed by atoms with Crippen LogP contribution in [0.3, 0.4) is 0 Å². The minimum Gasteiger partial charge on any atom is -0.507 e. The van der Waals surface area contributed by atoms with Gasteiger partial charge in [0.1, 0.15) is 5.75 Å². The summed E-state index contributed by atoms with van der Waals surface area (Å²) in [6, 6.07) is 7.42. The fraction of sp³-hybridized carbons (Fsp3) is 0.500. The minimum absolute atomic E-state index is 0.0678. The maximum absolute atomic E-state index is 10.5. The van der Waals surface area contributed by atoms with E-state index >= 15 is 0 Å². The number of aromatic nitrogens is 1. The van der Waals surface area contributed by atoms with Gasteiger partial charge >= 0.3 is 0 Å². The fourth-order valence-electron chi connectivity index (χ4n) is 3.43. The first-order chi connectivity index (χ1) is 11.9. The third-order valence-corrected chi connectivity index (χ3v) is 4.67. The summed E-state index contributed by atoms with van der Waals surface area (Å²) in [6.07, 6.45) is 3.07. The van der Waals surface area contributed by atoms with Crippen LogP contribution in [-0.2, 0) is 13.0 Å². The Kier molecular flexibility index (Phi) is 6.60.